The molecule has 0 unspecified atom stereocenters. The first-order valence-corrected chi connectivity index (χ1v) is 6.41. The van der Waals surface area contributed by atoms with Gasteiger partial charge in [-0.1, -0.05) is 30.3 Å². The van der Waals surface area contributed by atoms with Crippen molar-refractivity contribution < 1.29 is 4.74 Å². The minimum atomic E-state index is 0.414. The fourth-order valence-electron chi connectivity index (χ4n) is 2.96. The van der Waals surface area contributed by atoms with Gasteiger partial charge in [-0.3, -0.25) is 4.90 Å². The minimum absolute atomic E-state index is 0.414. The highest BCUT2D eigenvalue weighted by molar-refractivity contribution is 5.15. The average molecular weight is 232 g/mol. The van der Waals surface area contributed by atoms with E-state index in [1.54, 1.807) is 0 Å². The van der Waals surface area contributed by atoms with Crippen LogP contribution in [-0.4, -0.2) is 55.2 Å². The Morgan fingerprint density at radius 1 is 1.24 bits per heavy atom. The van der Waals surface area contributed by atoms with Crippen molar-refractivity contribution in [2.75, 3.05) is 33.3 Å². The summed E-state index contributed by atoms with van der Waals surface area (Å²) in [7, 11) is 2.18. The van der Waals surface area contributed by atoms with E-state index < -0.39 is 0 Å². The molecule has 1 aromatic rings. The van der Waals surface area contributed by atoms with E-state index in [9.17, 15) is 0 Å². The molecule has 2 aliphatic heterocycles. The van der Waals surface area contributed by atoms with Gasteiger partial charge in [-0.25, -0.2) is 0 Å². The van der Waals surface area contributed by atoms with Crippen LogP contribution >= 0.6 is 0 Å². The number of benzene rings is 1. The predicted molar refractivity (Wildman–Crippen MR) is 67.9 cm³/mol. The Balaban J connectivity index is 1.70. The lowest BCUT2D eigenvalue weighted by Crippen LogP contribution is -2.50. The minimum Gasteiger partial charge on any atom is -0.374 e. The molecule has 0 saturated carbocycles. The van der Waals surface area contributed by atoms with Gasteiger partial charge in [0.05, 0.1) is 18.8 Å². The van der Waals surface area contributed by atoms with Crippen LogP contribution < -0.4 is 0 Å². The number of hydrogen-bond donors (Lipinski definition) is 0. The molecule has 2 fully saturated rings. The van der Waals surface area contributed by atoms with Gasteiger partial charge in [0.2, 0.25) is 0 Å². The summed E-state index contributed by atoms with van der Waals surface area (Å²) in [6.07, 6.45) is 0.414. The summed E-state index contributed by atoms with van der Waals surface area (Å²) >= 11 is 0. The summed E-state index contributed by atoms with van der Waals surface area (Å²) in [6, 6.07) is 11.3. The van der Waals surface area contributed by atoms with Crippen molar-refractivity contribution in [3.63, 3.8) is 0 Å². The summed E-state index contributed by atoms with van der Waals surface area (Å²) in [5.74, 6) is 0. The monoisotopic (exact) mass is 232 g/mol. The zero-order valence-electron chi connectivity index (χ0n) is 10.4. The number of likely N-dealkylation sites (tertiary alicyclic amines) is 1. The molecular formula is C14H20N2O. The van der Waals surface area contributed by atoms with Crippen molar-refractivity contribution in [1.82, 2.24) is 9.80 Å². The summed E-state index contributed by atoms with van der Waals surface area (Å²) < 4.78 is 5.86. The van der Waals surface area contributed by atoms with Crippen LogP contribution in [0.3, 0.4) is 0 Å². The molecule has 2 aliphatic rings. The molecule has 17 heavy (non-hydrogen) atoms. The zero-order valence-corrected chi connectivity index (χ0v) is 10.4. The quantitative estimate of drug-likeness (QED) is 0.762. The maximum Gasteiger partial charge on any atom is 0.0869 e. The zero-order chi connectivity index (χ0) is 11.7. The molecule has 92 valence electrons. The first-order chi connectivity index (χ1) is 8.33. The van der Waals surface area contributed by atoms with E-state index in [0.717, 1.165) is 32.8 Å². The van der Waals surface area contributed by atoms with E-state index in [4.69, 9.17) is 4.74 Å². The number of rotatable bonds is 2. The van der Waals surface area contributed by atoms with Crippen molar-refractivity contribution in [3.8, 4) is 0 Å². The molecule has 3 heteroatoms. The van der Waals surface area contributed by atoms with Gasteiger partial charge in [-0.15, -0.1) is 0 Å². The van der Waals surface area contributed by atoms with Crippen molar-refractivity contribution in [2.45, 2.75) is 18.7 Å². The Kier molecular flexibility index (Phi) is 3.14. The molecule has 0 aromatic heterocycles. The number of ether oxygens (including phenoxy) is 1. The Bertz CT molecular complexity index is 368. The van der Waals surface area contributed by atoms with E-state index >= 15 is 0 Å². The van der Waals surface area contributed by atoms with Crippen LogP contribution in [0.1, 0.15) is 5.56 Å². The van der Waals surface area contributed by atoms with Gasteiger partial charge in [-0.05, 0) is 12.6 Å². The number of nitrogens with zero attached hydrogens (tertiary/aromatic N) is 2. The van der Waals surface area contributed by atoms with Crippen LogP contribution in [-0.2, 0) is 11.3 Å². The largest absolute Gasteiger partial charge is 0.374 e. The van der Waals surface area contributed by atoms with E-state index in [0.29, 0.717) is 12.1 Å². The van der Waals surface area contributed by atoms with Gasteiger partial charge in [0.25, 0.3) is 0 Å². The fourth-order valence-corrected chi connectivity index (χ4v) is 2.96. The molecule has 0 aliphatic carbocycles. The van der Waals surface area contributed by atoms with E-state index in [1.807, 2.05) is 0 Å². The van der Waals surface area contributed by atoms with Crippen LogP contribution in [0.25, 0.3) is 0 Å². The Morgan fingerprint density at radius 3 is 2.88 bits per heavy atom. The van der Waals surface area contributed by atoms with Crippen molar-refractivity contribution in [2.24, 2.45) is 0 Å². The second kappa shape index (κ2) is 4.77. The molecule has 1 aromatic carbocycles. The molecular weight excluding hydrogens is 212 g/mol. The van der Waals surface area contributed by atoms with Crippen molar-refractivity contribution in [3.05, 3.63) is 35.9 Å². The number of fused-ring (bicyclic) bond motifs is 1. The number of morpholine rings is 1. The molecule has 0 amide bonds. The molecule has 0 radical (unpaired) electrons. The molecule has 0 spiro atoms. The van der Waals surface area contributed by atoms with Crippen LogP contribution in [0.2, 0.25) is 0 Å². The highest BCUT2D eigenvalue weighted by Crippen LogP contribution is 2.23. The van der Waals surface area contributed by atoms with Crippen molar-refractivity contribution in [1.29, 1.82) is 0 Å². The lowest BCUT2D eigenvalue weighted by Gasteiger charge is -2.36. The van der Waals surface area contributed by atoms with Crippen LogP contribution in [0.5, 0.6) is 0 Å². The molecule has 3 nitrogen and oxygen atoms in total. The predicted octanol–water partition coefficient (Wildman–Crippen LogP) is 1.20. The maximum atomic E-state index is 5.86. The Morgan fingerprint density at radius 2 is 2.06 bits per heavy atom. The van der Waals surface area contributed by atoms with Gasteiger partial charge in [0, 0.05) is 26.2 Å². The summed E-state index contributed by atoms with van der Waals surface area (Å²) in [6.45, 7) is 5.21. The fraction of sp³-hybridized carbons (Fsp3) is 0.571. The third-order valence-electron chi connectivity index (χ3n) is 3.83. The SMILES string of the molecule is CN1C[C@@H]2[C@@H](C1)OCCN2Cc1ccccc1. The van der Waals surface area contributed by atoms with Crippen LogP contribution in [0.4, 0.5) is 0 Å². The first-order valence-electron chi connectivity index (χ1n) is 6.41. The Labute approximate surface area is 103 Å². The topological polar surface area (TPSA) is 15.7 Å². The third-order valence-corrected chi connectivity index (χ3v) is 3.83. The van der Waals surface area contributed by atoms with Crippen LogP contribution in [0, 0.1) is 0 Å². The highest BCUT2D eigenvalue weighted by atomic mass is 16.5. The van der Waals surface area contributed by atoms with Gasteiger partial charge in [0.15, 0.2) is 0 Å². The van der Waals surface area contributed by atoms with Gasteiger partial charge >= 0.3 is 0 Å². The van der Waals surface area contributed by atoms with Gasteiger partial charge in [0.1, 0.15) is 0 Å². The first kappa shape index (κ1) is 11.2. The van der Waals surface area contributed by atoms with Gasteiger partial charge in [-0.2, -0.15) is 0 Å². The third kappa shape index (κ3) is 2.37. The summed E-state index contributed by atoms with van der Waals surface area (Å²) in [4.78, 5) is 4.95. The lowest BCUT2D eigenvalue weighted by molar-refractivity contribution is -0.0503. The maximum absolute atomic E-state index is 5.86. The molecule has 2 saturated heterocycles. The van der Waals surface area contributed by atoms with E-state index in [2.05, 4.69) is 47.2 Å². The molecule has 2 atom stereocenters. The standard InChI is InChI=1S/C14H20N2O/c1-15-10-13-14(11-15)17-8-7-16(13)9-12-5-3-2-4-6-12/h2-6,13-14H,7-11H2,1H3/t13-,14-/m1/s1. The van der Waals surface area contributed by atoms with Gasteiger partial charge < -0.3 is 9.64 Å². The molecule has 3 rings (SSSR count). The number of likely N-dealkylation sites (N-methyl/N-ethyl adjacent to an activating group) is 1. The second-order valence-electron chi connectivity index (χ2n) is 5.15. The highest BCUT2D eigenvalue weighted by Gasteiger charge is 2.38. The smallest absolute Gasteiger partial charge is 0.0869 e. The molecule has 0 bridgehead atoms. The second-order valence-corrected chi connectivity index (χ2v) is 5.15. The summed E-state index contributed by atoms with van der Waals surface area (Å²) in [5.41, 5.74) is 1.41. The molecule has 0 N–H and O–H groups in total. The van der Waals surface area contributed by atoms with Crippen LogP contribution in [0.15, 0.2) is 30.3 Å². The average Bonchev–Trinajstić information content (AvgIpc) is 2.72. The van der Waals surface area contributed by atoms with Crippen molar-refractivity contribution >= 4 is 0 Å². The Hall–Kier alpha value is -0.900. The summed E-state index contributed by atoms with van der Waals surface area (Å²) in [5, 5.41) is 0. The van der Waals surface area contributed by atoms with E-state index in [1.165, 1.54) is 5.56 Å². The van der Waals surface area contributed by atoms with E-state index in [-0.39, 0.29) is 0 Å². The number of hydrogen-bond acceptors (Lipinski definition) is 3. The lowest BCUT2D eigenvalue weighted by atomic mass is 10.1. The molecule has 2 heterocycles. The normalized spacial score (nSPS) is 30.4.